The predicted octanol–water partition coefficient (Wildman–Crippen LogP) is 18.0. The van der Waals surface area contributed by atoms with Crippen LogP contribution in [0.25, 0.3) is 91.0 Å². The van der Waals surface area contributed by atoms with Crippen molar-refractivity contribution in [2.45, 2.75) is 157 Å². The molecule has 7 heteroatoms. The van der Waals surface area contributed by atoms with Gasteiger partial charge in [0.2, 0.25) is 0 Å². The number of nitrogens with one attached hydrogen (secondary N) is 2. The lowest BCUT2D eigenvalue weighted by Gasteiger charge is -2.26. The quantitative estimate of drug-likeness (QED) is 0.184. The molecule has 4 aromatic heterocycles. The zero-order valence-electron chi connectivity index (χ0n) is 45.6. The molecule has 0 spiro atoms. The van der Waals surface area contributed by atoms with Crippen LogP contribution in [0.15, 0.2) is 84.2 Å². The normalized spacial score (nSPS) is 13.7. The lowest BCUT2D eigenvalue weighted by Crippen LogP contribution is -2.16. The zero-order chi connectivity index (χ0) is 51.4. The third-order valence-corrected chi connectivity index (χ3v) is 14.7. The van der Waals surface area contributed by atoms with Crippen molar-refractivity contribution >= 4 is 57.9 Å². The molecular formula is C64H74N6S. The SMILES string of the molecule is CC(C)(C)c1cc(-c2c3nc(c(-c4cc(C(C)(C)C)cc(C(C)(C)C)c4)c4ccc([nH]4)c(-c4csnn4)c4nc(c(-c5cc(C(C)(C)C)cc(C(C)(C)C)c5)c5ccc2[nH]5)C=C4)C=C3)cc(C(C)(C)C)c1. The summed E-state index contributed by atoms with van der Waals surface area (Å²) in [5, 5.41) is 6.70. The molecule has 0 unspecified atom stereocenters. The van der Waals surface area contributed by atoms with E-state index in [0.717, 1.165) is 89.5 Å². The van der Waals surface area contributed by atoms with Crippen LogP contribution in [0, 0.1) is 0 Å². The second kappa shape index (κ2) is 17.3. The number of fused-ring (bicyclic) bond motifs is 8. The molecule has 0 amide bonds. The van der Waals surface area contributed by atoms with Gasteiger partial charge in [0.25, 0.3) is 0 Å². The van der Waals surface area contributed by atoms with E-state index in [4.69, 9.17) is 9.97 Å². The monoisotopic (exact) mass is 959 g/mol. The van der Waals surface area contributed by atoms with Crippen molar-refractivity contribution in [1.29, 1.82) is 0 Å². The molecule has 0 saturated carbocycles. The third-order valence-electron chi connectivity index (χ3n) is 14.2. The highest BCUT2D eigenvalue weighted by Crippen LogP contribution is 2.43. The van der Waals surface area contributed by atoms with Crippen LogP contribution >= 0.6 is 11.5 Å². The van der Waals surface area contributed by atoms with Crippen LogP contribution in [0.1, 0.15) is 181 Å². The molecule has 0 radical (unpaired) electrons. The van der Waals surface area contributed by atoms with Crippen molar-refractivity contribution in [3.8, 4) is 44.6 Å². The summed E-state index contributed by atoms with van der Waals surface area (Å²) < 4.78 is 4.37. The summed E-state index contributed by atoms with van der Waals surface area (Å²) >= 11 is 1.35. The molecule has 8 bridgehead atoms. The molecule has 0 aliphatic carbocycles. The molecule has 366 valence electrons. The van der Waals surface area contributed by atoms with Crippen molar-refractivity contribution in [3.05, 3.63) is 140 Å². The first-order chi connectivity index (χ1) is 32.9. The van der Waals surface area contributed by atoms with Gasteiger partial charge in [-0.2, -0.15) is 0 Å². The molecule has 0 saturated heterocycles. The highest BCUT2D eigenvalue weighted by atomic mass is 32.1. The summed E-state index contributed by atoms with van der Waals surface area (Å²) in [6.45, 7) is 41.5. The van der Waals surface area contributed by atoms with Gasteiger partial charge >= 0.3 is 0 Å². The van der Waals surface area contributed by atoms with Crippen LogP contribution < -0.4 is 0 Å². The summed E-state index contributed by atoms with van der Waals surface area (Å²) in [6.07, 6.45) is 8.76. The Hall–Kier alpha value is -6.18. The maximum absolute atomic E-state index is 5.76. The number of aromatic nitrogens is 6. The Balaban J connectivity index is 1.52. The molecule has 7 aromatic rings. The average Bonchev–Trinajstić information content (AvgIpc) is 4.13. The fraction of sp³-hybridized carbons (Fsp3) is 0.375. The fourth-order valence-electron chi connectivity index (χ4n) is 9.57. The van der Waals surface area contributed by atoms with Gasteiger partial charge in [0.05, 0.1) is 33.9 Å². The summed E-state index contributed by atoms with van der Waals surface area (Å²) in [7, 11) is 0. The topological polar surface area (TPSA) is 83.1 Å². The average molecular weight is 959 g/mol. The van der Waals surface area contributed by atoms with Gasteiger partial charge in [-0.05, 0) is 143 Å². The van der Waals surface area contributed by atoms with Crippen molar-refractivity contribution in [1.82, 2.24) is 29.5 Å². The lowest BCUT2D eigenvalue weighted by molar-refractivity contribution is 0.568. The molecule has 0 fully saturated rings. The minimum absolute atomic E-state index is 0.0898. The molecule has 2 aliphatic heterocycles. The standard InChI is InChI=1S/C64H74N6S/c1-59(2,3)40-27-37(28-41(33-40)60(4,5)6)55-46-19-21-48(65-46)56(38-29-42(61(7,8)9)34-43(30-38)62(10,11)12)50-23-25-52(67-50)58(54-36-71-70-69-54)53-26-24-51(68-53)57(49-22-20-47(55)66-49)39-31-44(63(13,14)15)35-45(32-39)64(16,17)18/h19-36,65,68H,1-18H3. The van der Waals surface area contributed by atoms with E-state index in [-0.39, 0.29) is 32.5 Å². The number of benzene rings is 3. The third kappa shape index (κ3) is 9.92. The predicted molar refractivity (Wildman–Crippen MR) is 306 cm³/mol. The van der Waals surface area contributed by atoms with Crippen LogP contribution in [0.3, 0.4) is 0 Å². The Bertz CT molecular complexity index is 3290. The highest BCUT2D eigenvalue weighted by molar-refractivity contribution is 7.03. The van der Waals surface area contributed by atoms with Crippen molar-refractivity contribution in [3.63, 3.8) is 0 Å². The number of nitrogens with zero attached hydrogens (tertiary/aromatic N) is 4. The molecule has 6 nitrogen and oxygen atoms in total. The van der Waals surface area contributed by atoms with E-state index in [0.29, 0.717) is 0 Å². The molecule has 9 rings (SSSR count). The lowest BCUT2D eigenvalue weighted by atomic mass is 9.78. The Morgan fingerprint density at radius 3 is 0.831 bits per heavy atom. The number of H-pyrrole nitrogens is 2. The van der Waals surface area contributed by atoms with Gasteiger partial charge < -0.3 is 9.97 Å². The molecular weight excluding hydrogens is 885 g/mol. The van der Waals surface area contributed by atoms with E-state index in [1.165, 1.54) is 44.9 Å². The number of hydrogen-bond acceptors (Lipinski definition) is 5. The molecule has 71 heavy (non-hydrogen) atoms. The van der Waals surface area contributed by atoms with E-state index < -0.39 is 0 Å². The van der Waals surface area contributed by atoms with Crippen LogP contribution in [0.4, 0.5) is 0 Å². The van der Waals surface area contributed by atoms with Crippen molar-refractivity contribution in [2.75, 3.05) is 0 Å². The first kappa shape index (κ1) is 49.8. The van der Waals surface area contributed by atoms with Gasteiger partial charge in [0.15, 0.2) is 0 Å². The van der Waals surface area contributed by atoms with E-state index in [9.17, 15) is 0 Å². The van der Waals surface area contributed by atoms with Gasteiger partial charge in [-0.15, -0.1) is 5.10 Å². The minimum Gasteiger partial charge on any atom is -0.354 e. The molecule has 0 atom stereocenters. The Labute approximate surface area is 427 Å². The summed E-state index contributed by atoms with van der Waals surface area (Å²) in [4.78, 5) is 19.4. The Morgan fingerprint density at radius 2 is 0.592 bits per heavy atom. The number of aromatic amines is 2. The van der Waals surface area contributed by atoms with Gasteiger partial charge in [0, 0.05) is 38.6 Å². The fourth-order valence-corrected chi connectivity index (χ4v) is 10.0. The molecule has 2 N–H and O–H groups in total. The van der Waals surface area contributed by atoms with Crippen LogP contribution in [-0.4, -0.2) is 29.5 Å². The Kier molecular flexibility index (Phi) is 12.1. The smallest absolute Gasteiger partial charge is 0.110 e. The minimum atomic E-state index is -0.0924. The molecule has 6 heterocycles. The van der Waals surface area contributed by atoms with Gasteiger partial charge in [-0.25, -0.2) is 9.97 Å². The maximum Gasteiger partial charge on any atom is 0.110 e. The summed E-state index contributed by atoms with van der Waals surface area (Å²) in [5.41, 5.74) is 22.6. The summed E-state index contributed by atoms with van der Waals surface area (Å²) in [5.74, 6) is 0. The van der Waals surface area contributed by atoms with Gasteiger partial charge in [-0.3, -0.25) is 0 Å². The first-order valence-electron chi connectivity index (χ1n) is 25.4. The highest BCUT2D eigenvalue weighted by Gasteiger charge is 2.28. The second-order valence-electron chi connectivity index (χ2n) is 26.2. The molecule has 3 aromatic carbocycles. The van der Waals surface area contributed by atoms with Gasteiger partial charge in [0.1, 0.15) is 5.69 Å². The van der Waals surface area contributed by atoms with Crippen molar-refractivity contribution in [2.24, 2.45) is 0 Å². The van der Waals surface area contributed by atoms with Crippen LogP contribution in [0.2, 0.25) is 0 Å². The maximum atomic E-state index is 5.76. The number of rotatable bonds is 4. The summed E-state index contributed by atoms with van der Waals surface area (Å²) in [6, 6.07) is 30.3. The number of hydrogen-bond donors (Lipinski definition) is 2. The zero-order valence-corrected chi connectivity index (χ0v) is 46.4. The Morgan fingerprint density at radius 1 is 0.338 bits per heavy atom. The van der Waals surface area contributed by atoms with E-state index in [1.807, 2.05) is 5.38 Å². The van der Waals surface area contributed by atoms with E-state index >= 15 is 0 Å². The van der Waals surface area contributed by atoms with E-state index in [1.54, 1.807) is 0 Å². The van der Waals surface area contributed by atoms with E-state index in [2.05, 4.69) is 247 Å². The second-order valence-corrected chi connectivity index (χ2v) is 26.8. The molecule has 2 aliphatic rings. The van der Waals surface area contributed by atoms with Crippen molar-refractivity contribution < 1.29 is 0 Å². The first-order valence-corrected chi connectivity index (χ1v) is 26.2. The van der Waals surface area contributed by atoms with Crippen LogP contribution in [-0.2, 0) is 32.5 Å². The largest absolute Gasteiger partial charge is 0.354 e. The van der Waals surface area contributed by atoms with Crippen LogP contribution in [0.5, 0.6) is 0 Å². The van der Waals surface area contributed by atoms with Gasteiger partial charge in [-0.1, -0.05) is 184 Å².